The van der Waals surface area contributed by atoms with E-state index < -0.39 is 0 Å². The lowest BCUT2D eigenvalue weighted by molar-refractivity contribution is 0.310. The minimum atomic E-state index is 0.641. The molecule has 18 heavy (non-hydrogen) atoms. The third kappa shape index (κ3) is 2.39. The number of aryl methyl sites for hydroxylation is 1. The smallest absolute Gasteiger partial charge is 0.122 e. The van der Waals surface area contributed by atoms with Crippen LogP contribution >= 0.6 is 11.3 Å². The Morgan fingerprint density at radius 2 is 1.78 bits per heavy atom. The highest BCUT2D eigenvalue weighted by Crippen LogP contribution is 2.26. The second-order valence-electron chi connectivity index (χ2n) is 4.35. The Balaban J connectivity index is 1.74. The summed E-state index contributed by atoms with van der Waals surface area (Å²) in [6, 6.07) is 18.8. The Labute approximate surface area is 111 Å². The van der Waals surface area contributed by atoms with E-state index in [0.717, 1.165) is 5.75 Å². The van der Waals surface area contributed by atoms with Gasteiger partial charge in [0.25, 0.3) is 0 Å². The normalized spacial score (nSPS) is 10.7. The molecule has 2 heteroatoms. The largest absolute Gasteiger partial charge is 0.488 e. The molecule has 0 aliphatic heterocycles. The number of fused-ring (bicyclic) bond motifs is 1. The van der Waals surface area contributed by atoms with Gasteiger partial charge in [-0.1, -0.05) is 35.9 Å². The molecule has 0 N–H and O–H groups in total. The lowest BCUT2D eigenvalue weighted by Gasteiger charge is -2.04. The molecule has 0 fully saturated rings. The molecular formula is C16H14OS. The molecule has 1 nitrogen and oxygen atoms in total. The molecule has 0 spiro atoms. The predicted molar refractivity (Wildman–Crippen MR) is 77.3 cm³/mol. The van der Waals surface area contributed by atoms with Gasteiger partial charge in [-0.15, -0.1) is 11.3 Å². The Hall–Kier alpha value is -1.80. The van der Waals surface area contributed by atoms with Gasteiger partial charge in [-0.2, -0.15) is 0 Å². The predicted octanol–water partition coefficient (Wildman–Crippen LogP) is 4.79. The average molecular weight is 254 g/mol. The van der Waals surface area contributed by atoms with Crippen LogP contribution in [0.4, 0.5) is 0 Å². The second-order valence-corrected chi connectivity index (χ2v) is 5.52. The van der Waals surface area contributed by atoms with Crippen molar-refractivity contribution in [1.82, 2.24) is 0 Å². The van der Waals surface area contributed by atoms with Gasteiger partial charge in [-0.25, -0.2) is 0 Å². The summed E-state index contributed by atoms with van der Waals surface area (Å²) in [5.41, 5.74) is 1.25. The van der Waals surface area contributed by atoms with Crippen molar-refractivity contribution < 1.29 is 4.74 Å². The molecule has 0 saturated carbocycles. The van der Waals surface area contributed by atoms with Gasteiger partial charge in [0.15, 0.2) is 0 Å². The van der Waals surface area contributed by atoms with Gasteiger partial charge in [-0.05, 0) is 36.6 Å². The molecule has 0 atom stereocenters. The number of benzene rings is 2. The fourth-order valence-electron chi connectivity index (χ4n) is 1.90. The summed E-state index contributed by atoms with van der Waals surface area (Å²) < 4.78 is 7.11. The maximum Gasteiger partial charge on any atom is 0.122 e. The molecule has 0 amide bonds. The topological polar surface area (TPSA) is 9.23 Å². The van der Waals surface area contributed by atoms with Crippen molar-refractivity contribution in [1.29, 1.82) is 0 Å². The highest BCUT2D eigenvalue weighted by atomic mass is 32.1. The van der Waals surface area contributed by atoms with Gasteiger partial charge in [-0.3, -0.25) is 0 Å². The lowest BCUT2D eigenvalue weighted by atomic mass is 10.2. The summed E-state index contributed by atoms with van der Waals surface area (Å²) in [7, 11) is 0. The van der Waals surface area contributed by atoms with Crippen LogP contribution in [-0.2, 0) is 6.61 Å². The molecule has 2 aromatic carbocycles. The first-order valence-electron chi connectivity index (χ1n) is 5.98. The monoisotopic (exact) mass is 254 g/mol. The van der Waals surface area contributed by atoms with Crippen molar-refractivity contribution in [3.63, 3.8) is 0 Å². The van der Waals surface area contributed by atoms with Crippen LogP contribution in [0.25, 0.3) is 10.1 Å². The Kier molecular flexibility index (Phi) is 3.03. The summed E-state index contributed by atoms with van der Waals surface area (Å²) >= 11 is 1.79. The number of hydrogen-bond acceptors (Lipinski definition) is 2. The van der Waals surface area contributed by atoms with Crippen molar-refractivity contribution in [2.24, 2.45) is 0 Å². The van der Waals surface area contributed by atoms with E-state index >= 15 is 0 Å². The van der Waals surface area contributed by atoms with Crippen LogP contribution in [0.1, 0.15) is 10.4 Å². The van der Waals surface area contributed by atoms with Gasteiger partial charge in [0, 0.05) is 9.58 Å². The molecule has 1 heterocycles. The third-order valence-electron chi connectivity index (χ3n) is 2.88. The van der Waals surface area contributed by atoms with Gasteiger partial charge in [0.2, 0.25) is 0 Å². The van der Waals surface area contributed by atoms with Gasteiger partial charge in [0.1, 0.15) is 12.4 Å². The average Bonchev–Trinajstić information content (AvgIpc) is 2.81. The van der Waals surface area contributed by atoms with Crippen molar-refractivity contribution >= 4 is 21.4 Å². The molecule has 0 bridgehead atoms. The third-order valence-corrected chi connectivity index (χ3v) is 3.97. The molecule has 0 aliphatic carbocycles. The van der Waals surface area contributed by atoms with Crippen molar-refractivity contribution in [3.8, 4) is 5.75 Å². The zero-order valence-electron chi connectivity index (χ0n) is 10.2. The maximum absolute atomic E-state index is 5.79. The highest BCUT2D eigenvalue weighted by molar-refractivity contribution is 7.19. The minimum absolute atomic E-state index is 0.641. The van der Waals surface area contributed by atoms with E-state index in [0.29, 0.717) is 6.61 Å². The van der Waals surface area contributed by atoms with Gasteiger partial charge < -0.3 is 4.74 Å². The molecule has 1 aromatic heterocycles. The molecule has 0 unspecified atom stereocenters. The van der Waals surface area contributed by atoms with Crippen LogP contribution in [0.3, 0.4) is 0 Å². The molecule has 0 aliphatic rings. The highest BCUT2D eigenvalue weighted by Gasteiger charge is 2.01. The van der Waals surface area contributed by atoms with Crippen LogP contribution < -0.4 is 4.74 Å². The van der Waals surface area contributed by atoms with Gasteiger partial charge >= 0.3 is 0 Å². The van der Waals surface area contributed by atoms with E-state index in [1.54, 1.807) is 11.3 Å². The van der Waals surface area contributed by atoms with Crippen molar-refractivity contribution in [2.75, 3.05) is 0 Å². The van der Waals surface area contributed by atoms with E-state index in [4.69, 9.17) is 4.74 Å². The Morgan fingerprint density at radius 3 is 2.56 bits per heavy atom. The van der Waals surface area contributed by atoms with E-state index in [1.807, 2.05) is 12.1 Å². The van der Waals surface area contributed by atoms with Crippen LogP contribution in [0.5, 0.6) is 5.75 Å². The minimum Gasteiger partial charge on any atom is -0.488 e. The standard InChI is InChI=1S/C16H14OS/c1-12-6-8-14(9-7-12)17-11-15-10-13-4-2-3-5-16(13)18-15/h2-10H,11H2,1H3. The van der Waals surface area contributed by atoms with E-state index in [-0.39, 0.29) is 0 Å². The van der Waals surface area contributed by atoms with Crippen molar-refractivity contribution in [3.05, 3.63) is 65.0 Å². The fraction of sp³-hybridized carbons (Fsp3) is 0.125. The van der Waals surface area contributed by atoms with Crippen LogP contribution in [0.2, 0.25) is 0 Å². The summed E-state index contributed by atoms with van der Waals surface area (Å²) in [6.07, 6.45) is 0. The van der Waals surface area contributed by atoms with Crippen LogP contribution in [0.15, 0.2) is 54.6 Å². The second kappa shape index (κ2) is 4.83. The molecule has 0 radical (unpaired) electrons. The Bertz CT molecular complexity index is 619. The number of thiophene rings is 1. The number of ether oxygens (including phenoxy) is 1. The summed E-state index contributed by atoms with van der Waals surface area (Å²) in [6.45, 7) is 2.72. The summed E-state index contributed by atoms with van der Waals surface area (Å²) in [5, 5.41) is 1.30. The zero-order valence-corrected chi connectivity index (χ0v) is 11.0. The van der Waals surface area contributed by atoms with Crippen molar-refractivity contribution in [2.45, 2.75) is 13.5 Å². The molecule has 3 rings (SSSR count). The van der Waals surface area contributed by atoms with E-state index in [9.17, 15) is 0 Å². The van der Waals surface area contributed by atoms with E-state index in [2.05, 4.69) is 49.4 Å². The first kappa shape index (κ1) is 11.3. The quantitative estimate of drug-likeness (QED) is 0.653. The number of rotatable bonds is 3. The fourth-order valence-corrected chi connectivity index (χ4v) is 2.87. The van der Waals surface area contributed by atoms with E-state index in [1.165, 1.54) is 20.5 Å². The summed E-state index contributed by atoms with van der Waals surface area (Å²) in [5.74, 6) is 0.929. The summed E-state index contributed by atoms with van der Waals surface area (Å²) in [4.78, 5) is 1.26. The SMILES string of the molecule is Cc1ccc(OCc2cc3ccccc3s2)cc1. The zero-order chi connectivity index (χ0) is 12.4. The maximum atomic E-state index is 5.79. The van der Waals surface area contributed by atoms with Crippen LogP contribution in [-0.4, -0.2) is 0 Å². The van der Waals surface area contributed by atoms with Gasteiger partial charge in [0.05, 0.1) is 0 Å². The Morgan fingerprint density at radius 1 is 1.00 bits per heavy atom. The first-order valence-corrected chi connectivity index (χ1v) is 6.80. The van der Waals surface area contributed by atoms with Crippen LogP contribution in [0, 0.1) is 6.92 Å². The molecule has 3 aromatic rings. The number of hydrogen-bond donors (Lipinski definition) is 0. The molecule has 0 saturated heterocycles. The lowest BCUT2D eigenvalue weighted by Crippen LogP contribution is -1.92. The molecule has 90 valence electrons. The molecular weight excluding hydrogens is 240 g/mol. The first-order chi connectivity index (χ1) is 8.81.